The minimum absolute atomic E-state index is 0.0378. The predicted molar refractivity (Wildman–Crippen MR) is 119 cm³/mol. The SMILES string of the molecule is C#CCOc1cc(CNC(=O)N2CCC(C(=O)c3ccc(C)cc3)CC2)ccc1OC. The van der Waals surface area contributed by atoms with Crippen LogP contribution in [0.5, 0.6) is 11.5 Å². The number of nitrogens with one attached hydrogen (secondary N) is 1. The summed E-state index contributed by atoms with van der Waals surface area (Å²) in [4.78, 5) is 27.0. The first-order valence-electron chi connectivity index (χ1n) is 10.4. The summed E-state index contributed by atoms with van der Waals surface area (Å²) in [7, 11) is 1.56. The zero-order valence-electron chi connectivity index (χ0n) is 18.0. The van der Waals surface area contributed by atoms with Gasteiger partial charge < -0.3 is 19.7 Å². The number of carbonyl (C=O) groups is 2. The summed E-state index contributed by atoms with van der Waals surface area (Å²) < 4.78 is 10.8. The number of ether oxygens (including phenoxy) is 2. The maximum atomic E-state index is 12.7. The molecule has 6 nitrogen and oxygen atoms in total. The van der Waals surface area contributed by atoms with E-state index < -0.39 is 0 Å². The summed E-state index contributed by atoms with van der Waals surface area (Å²) in [6, 6.07) is 13.0. The number of nitrogens with zero attached hydrogens (tertiary/aromatic N) is 1. The minimum Gasteiger partial charge on any atom is -0.493 e. The Kier molecular flexibility index (Phi) is 7.55. The number of rotatable bonds is 7. The number of piperidine rings is 1. The lowest BCUT2D eigenvalue weighted by molar-refractivity contribution is 0.0854. The molecule has 0 radical (unpaired) electrons. The van der Waals surface area contributed by atoms with Crippen molar-refractivity contribution in [3.05, 3.63) is 59.2 Å². The van der Waals surface area contributed by atoms with E-state index in [2.05, 4.69) is 11.2 Å². The van der Waals surface area contributed by atoms with Crippen molar-refractivity contribution in [3.63, 3.8) is 0 Å². The fourth-order valence-corrected chi connectivity index (χ4v) is 3.65. The zero-order valence-corrected chi connectivity index (χ0v) is 18.0. The molecule has 0 aliphatic carbocycles. The minimum atomic E-state index is -0.136. The maximum Gasteiger partial charge on any atom is 0.317 e. The number of hydrogen-bond donors (Lipinski definition) is 1. The van der Waals surface area contributed by atoms with Crippen LogP contribution in [0, 0.1) is 25.2 Å². The number of ketones is 1. The van der Waals surface area contributed by atoms with Gasteiger partial charge in [0.15, 0.2) is 17.3 Å². The van der Waals surface area contributed by atoms with Gasteiger partial charge in [-0.1, -0.05) is 41.8 Å². The Bertz CT molecular complexity index is 954. The molecule has 0 atom stereocenters. The molecule has 162 valence electrons. The number of Topliss-reactive ketones (excluding diaryl/α,β-unsaturated/α-hetero) is 1. The van der Waals surface area contributed by atoms with Crippen molar-refractivity contribution < 1.29 is 19.1 Å². The molecular formula is C25H28N2O4. The van der Waals surface area contributed by atoms with Crippen molar-refractivity contribution in [2.45, 2.75) is 26.3 Å². The van der Waals surface area contributed by atoms with E-state index in [1.807, 2.05) is 43.3 Å². The number of aryl methyl sites for hydroxylation is 1. The first kappa shape index (κ1) is 22.2. The normalized spacial score (nSPS) is 13.9. The fraction of sp³-hybridized carbons (Fsp3) is 0.360. The van der Waals surface area contributed by atoms with Crippen molar-refractivity contribution in [1.82, 2.24) is 10.2 Å². The first-order chi connectivity index (χ1) is 15.0. The van der Waals surface area contributed by atoms with E-state index in [9.17, 15) is 9.59 Å². The largest absolute Gasteiger partial charge is 0.493 e. The lowest BCUT2D eigenvalue weighted by Crippen LogP contribution is -2.45. The average molecular weight is 421 g/mol. The third-order valence-electron chi connectivity index (χ3n) is 5.47. The van der Waals surface area contributed by atoms with Gasteiger partial charge >= 0.3 is 6.03 Å². The number of hydrogen-bond acceptors (Lipinski definition) is 4. The number of urea groups is 1. The van der Waals surface area contributed by atoms with Crippen molar-refractivity contribution in [1.29, 1.82) is 0 Å². The molecule has 2 amide bonds. The van der Waals surface area contributed by atoms with Crippen LogP contribution in [0.15, 0.2) is 42.5 Å². The molecule has 2 aromatic carbocycles. The van der Waals surface area contributed by atoms with E-state index >= 15 is 0 Å². The summed E-state index contributed by atoms with van der Waals surface area (Å²) in [5.41, 5.74) is 2.76. The number of amides is 2. The summed E-state index contributed by atoms with van der Waals surface area (Å²) in [5, 5.41) is 2.94. The predicted octanol–water partition coefficient (Wildman–Crippen LogP) is 3.82. The lowest BCUT2D eigenvalue weighted by atomic mass is 9.89. The van der Waals surface area contributed by atoms with E-state index in [4.69, 9.17) is 15.9 Å². The Morgan fingerprint density at radius 3 is 2.48 bits per heavy atom. The number of terminal acetylenes is 1. The van der Waals surface area contributed by atoms with Gasteiger partial charge in [0.2, 0.25) is 0 Å². The van der Waals surface area contributed by atoms with Gasteiger partial charge in [-0.15, -0.1) is 6.42 Å². The van der Waals surface area contributed by atoms with Crippen LogP contribution < -0.4 is 14.8 Å². The molecule has 1 N–H and O–H groups in total. The molecule has 0 spiro atoms. The lowest BCUT2D eigenvalue weighted by Gasteiger charge is -2.31. The van der Waals surface area contributed by atoms with Crippen LogP contribution in [-0.2, 0) is 6.54 Å². The number of carbonyl (C=O) groups excluding carboxylic acids is 2. The molecular weight excluding hydrogens is 392 g/mol. The quantitative estimate of drug-likeness (QED) is 0.546. The number of likely N-dealkylation sites (tertiary alicyclic amines) is 1. The van der Waals surface area contributed by atoms with E-state index in [0.717, 1.165) is 16.7 Å². The van der Waals surface area contributed by atoms with Gasteiger partial charge in [0.05, 0.1) is 7.11 Å². The van der Waals surface area contributed by atoms with Crippen LogP contribution in [0.1, 0.15) is 34.3 Å². The second-order valence-corrected chi connectivity index (χ2v) is 7.63. The Morgan fingerprint density at radius 2 is 1.84 bits per heavy atom. The number of benzene rings is 2. The van der Waals surface area contributed by atoms with Crippen molar-refractivity contribution in [2.75, 3.05) is 26.8 Å². The van der Waals surface area contributed by atoms with E-state index in [-0.39, 0.29) is 24.3 Å². The molecule has 1 heterocycles. The Hall–Kier alpha value is -3.46. The van der Waals surface area contributed by atoms with Crippen LogP contribution in [0.3, 0.4) is 0 Å². The van der Waals surface area contributed by atoms with Crippen LogP contribution in [0.4, 0.5) is 4.79 Å². The Morgan fingerprint density at radius 1 is 1.13 bits per heavy atom. The van der Waals surface area contributed by atoms with Gasteiger partial charge in [-0.2, -0.15) is 0 Å². The van der Waals surface area contributed by atoms with Gasteiger partial charge in [-0.05, 0) is 37.5 Å². The third kappa shape index (κ3) is 5.79. The molecule has 1 fully saturated rings. The molecule has 31 heavy (non-hydrogen) atoms. The van der Waals surface area contributed by atoms with Crippen molar-refractivity contribution in [3.8, 4) is 23.8 Å². The Balaban J connectivity index is 1.50. The highest BCUT2D eigenvalue weighted by molar-refractivity contribution is 5.98. The average Bonchev–Trinajstić information content (AvgIpc) is 2.81. The van der Waals surface area contributed by atoms with Crippen LogP contribution in [0.25, 0.3) is 0 Å². The van der Waals surface area contributed by atoms with Crippen LogP contribution in [-0.4, -0.2) is 43.5 Å². The monoisotopic (exact) mass is 420 g/mol. The second kappa shape index (κ2) is 10.5. The van der Waals surface area contributed by atoms with Crippen molar-refractivity contribution in [2.24, 2.45) is 5.92 Å². The van der Waals surface area contributed by atoms with Gasteiger partial charge in [0, 0.05) is 31.1 Å². The summed E-state index contributed by atoms with van der Waals surface area (Å²) in [6.45, 7) is 3.63. The van der Waals surface area contributed by atoms with Gasteiger partial charge in [-0.25, -0.2) is 4.79 Å². The first-order valence-corrected chi connectivity index (χ1v) is 10.4. The molecule has 0 aromatic heterocycles. The molecule has 1 saturated heterocycles. The smallest absolute Gasteiger partial charge is 0.317 e. The zero-order chi connectivity index (χ0) is 22.2. The van der Waals surface area contributed by atoms with Crippen LogP contribution in [0.2, 0.25) is 0 Å². The van der Waals surface area contributed by atoms with E-state index in [1.54, 1.807) is 18.1 Å². The van der Waals surface area contributed by atoms with Crippen LogP contribution >= 0.6 is 0 Å². The molecule has 1 aliphatic rings. The molecule has 0 saturated carbocycles. The maximum absolute atomic E-state index is 12.7. The fourth-order valence-electron chi connectivity index (χ4n) is 3.65. The molecule has 0 bridgehead atoms. The van der Waals surface area contributed by atoms with E-state index in [0.29, 0.717) is 44.0 Å². The highest BCUT2D eigenvalue weighted by atomic mass is 16.5. The highest BCUT2D eigenvalue weighted by Gasteiger charge is 2.27. The molecule has 0 unspecified atom stereocenters. The molecule has 6 heteroatoms. The second-order valence-electron chi connectivity index (χ2n) is 7.63. The third-order valence-corrected chi connectivity index (χ3v) is 5.47. The Labute approximate surface area is 183 Å². The van der Waals surface area contributed by atoms with Crippen molar-refractivity contribution >= 4 is 11.8 Å². The summed E-state index contributed by atoms with van der Waals surface area (Å²) >= 11 is 0. The molecule has 3 rings (SSSR count). The van der Waals surface area contributed by atoms with Gasteiger partial charge in [0.25, 0.3) is 0 Å². The molecule has 2 aromatic rings. The summed E-state index contributed by atoms with van der Waals surface area (Å²) in [6.07, 6.45) is 6.60. The van der Waals surface area contributed by atoms with E-state index in [1.165, 1.54) is 0 Å². The standard InChI is InChI=1S/C25H28N2O4/c1-4-15-31-23-16-19(7-10-22(23)30-3)17-26-25(29)27-13-11-21(12-14-27)24(28)20-8-5-18(2)6-9-20/h1,5-10,16,21H,11-15,17H2,2-3H3,(H,26,29). The topological polar surface area (TPSA) is 67.9 Å². The molecule has 1 aliphatic heterocycles. The van der Waals surface area contributed by atoms with Gasteiger partial charge in [0.1, 0.15) is 6.61 Å². The summed E-state index contributed by atoms with van der Waals surface area (Å²) in [5.74, 6) is 3.69. The van der Waals surface area contributed by atoms with Gasteiger partial charge in [-0.3, -0.25) is 4.79 Å². The number of methoxy groups -OCH3 is 1. The highest BCUT2D eigenvalue weighted by Crippen LogP contribution is 2.28.